The van der Waals surface area contributed by atoms with Gasteiger partial charge in [-0.1, -0.05) is 18.7 Å². The van der Waals surface area contributed by atoms with Crippen LogP contribution >= 0.6 is 23.1 Å². The predicted molar refractivity (Wildman–Crippen MR) is 124 cm³/mol. The molecule has 0 unspecified atom stereocenters. The second-order valence-corrected chi connectivity index (χ2v) is 9.58. The summed E-state index contributed by atoms with van der Waals surface area (Å²) in [5, 5.41) is 1.60. The van der Waals surface area contributed by atoms with Gasteiger partial charge in [-0.3, -0.25) is 9.36 Å². The van der Waals surface area contributed by atoms with Crippen molar-refractivity contribution in [2.45, 2.75) is 50.1 Å². The molecule has 1 aromatic carbocycles. The highest BCUT2D eigenvalue weighted by molar-refractivity contribution is 7.98. The molecule has 6 nitrogen and oxygen atoms in total. The number of aromatic nitrogens is 3. The molecule has 0 atom stereocenters. The Morgan fingerprint density at radius 2 is 2.06 bits per heavy atom. The van der Waals surface area contributed by atoms with Gasteiger partial charge in [0.1, 0.15) is 16.8 Å². The number of fused-ring (bicyclic) bond motifs is 3. The number of nitrogens with zero attached hydrogens (tertiary/aromatic N) is 3. The molecule has 3 heterocycles. The molecular weight excluding hydrogens is 430 g/mol. The molecule has 31 heavy (non-hydrogen) atoms. The third-order valence-corrected chi connectivity index (χ3v) is 7.67. The molecule has 0 amide bonds. The number of oxazole rings is 1. The maximum atomic E-state index is 13.3. The zero-order chi connectivity index (χ0) is 21.4. The number of thiophene rings is 1. The molecule has 0 aliphatic heterocycles. The molecule has 4 aromatic rings. The summed E-state index contributed by atoms with van der Waals surface area (Å²) in [7, 11) is 1.64. The van der Waals surface area contributed by atoms with Gasteiger partial charge in [-0.2, -0.15) is 0 Å². The molecule has 1 aliphatic carbocycles. The third-order valence-electron chi connectivity index (χ3n) is 5.47. The van der Waals surface area contributed by atoms with Crippen LogP contribution in [0.4, 0.5) is 0 Å². The van der Waals surface area contributed by atoms with Gasteiger partial charge in [0.15, 0.2) is 5.16 Å². The van der Waals surface area contributed by atoms with Gasteiger partial charge in [-0.05, 0) is 55.5 Å². The van der Waals surface area contributed by atoms with E-state index in [2.05, 4.69) is 11.9 Å². The normalized spacial score (nSPS) is 13.1. The van der Waals surface area contributed by atoms with Gasteiger partial charge in [-0.15, -0.1) is 11.3 Å². The van der Waals surface area contributed by atoms with Crippen LogP contribution in [0.3, 0.4) is 0 Å². The van der Waals surface area contributed by atoms with E-state index < -0.39 is 0 Å². The molecule has 0 saturated heterocycles. The summed E-state index contributed by atoms with van der Waals surface area (Å²) in [5.74, 6) is 1.95. The first-order chi connectivity index (χ1) is 15.2. The van der Waals surface area contributed by atoms with Crippen LogP contribution < -0.4 is 10.3 Å². The second-order valence-electron chi connectivity index (χ2n) is 7.55. The van der Waals surface area contributed by atoms with Crippen LogP contribution in [0.25, 0.3) is 21.7 Å². The fourth-order valence-electron chi connectivity index (χ4n) is 3.97. The van der Waals surface area contributed by atoms with Gasteiger partial charge < -0.3 is 9.15 Å². The monoisotopic (exact) mass is 453 g/mol. The maximum Gasteiger partial charge on any atom is 0.263 e. The van der Waals surface area contributed by atoms with Gasteiger partial charge in [0.05, 0.1) is 18.2 Å². The molecule has 1 aliphatic rings. The minimum atomic E-state index is 0.104. The Bertz CT molecular complexity index is 1290. The number of thioether (sulfide) groups is 1. The summed E-state index contributed by atoms with van der Waals surface area (Å²) < 4.78 is 12.7. The zero-order valence-electron chi connectivity index (χ0n) is 17.5. The molecule has 0 fully saturated rings. The van der Waals surface area contributed by atoms with Crippen LogP contribution in [-0.4, -0.2) is 21.6 Å². The van der Waals surface area contributed by atoms with Crippen LogP contribution in [0.5, 0.6) is 5.75 Å². The highest BCUT2D eigenvalue weighted by Gasteiger charge is 2.23. The van der Waals surface area contributed by atoms with E-state index in [1.807, 2.05) is 28.8 Å². The number of hydrogen-bond donors (Lipinski definition) is 0. The van der Waals surface area contributed by atoms with Gasteiger partial charge in [0, 0.05) is 22.7 Å². The quantitative estimate of drug-likeness (QED) is 0.279. The van der Waals surface area contributed by atoms with Crippen molar-refractivity contribution in [1.82, 2.24) is 14.5 Å². The number of benzene rings is 1. The Hall–Kier alpha value is -2.58. The fourth-order valence-corrected chi connectivity index (χ4v) is 6.17. The van der Waals surface area contributed by atoms with E-state index >= 15 is 0 Å². The number of methoxy groups -OCH3 is 1. The zero-order valence-corrected chi connectivity index (χ0v) is 19.1. The Morgan fingerprint density at radius 1 is 1.23 bits per heavy atom. The van der Waals surface area contributed by atoms with Crippen molar-refractivity contribution >= 4 is 33.3 Å². The molecule has 160 valence electrons. The summed E-state index contributed by atoms with van der Waals surface area (Å²) >= 11 is 3.23. The lowest BCUT2D eigenvalue weighted by atomic mass is 10.2. The number of rotatable bonds is 7. The van der Waals surface area contributed by atoms with Crippen LogP contribution in [0.1, 0.15) is 35.9 Å². The van der Waals surface area contributed by atoms with Crippen molar-refractivity contribution in [3.63, 3.8) is 0 Å². The molecule has 0 bridgehead atoms. The van der Waals surface area contributed by atoms with E-state index in [0.717, 1.165) is 58.1 Å². The van der Waals surface area contributed by atoms with E-state index in [0.29, 0.717) is 18.2 Å². The summed E-state index contributed by atoms with van der Waals surface area (Å²) in [5.41, 5.74) is 3.06. The minimum Gasteiger partial charge on any atom is -0.497 e. The van der Waals surface area contributed by atoms with E-state index in [-0.39, 0.29) is 5.56 Å². The standard InChI is InChI=1S/C23H23N3O3S2/c1-3-11-26-22(27)19-17-5-4-6-18(17)31-21(19)25-23(26)30-13-15-12-29-20(24-15)14-7-9-16(28-2)10-8-14/h7-10,12H,3-6,11,13H2,1-2H3. The lowest BCUT2D eigenvalue weighted by molar-refractivity contribution is 0.415. The molecule has 0 spiro atoms. The lowest BCUT2D eigenvalue weighted by Crippen LogP contribution is -2.23. The van der Waals surface area contributed by atoms with E-state index in [9.17, 15) is 4.79 Å². The largest absolute Gasteiger partial charge is 0.497 e. The smallest absolute Gasteiger partial charge is 0.263 e. The van der Waals surface area contributed by atoms with Crippen molar-refractivity contribution in [3.8, 4) is 17.2 Å². The van der Waals surface area contributed by atoms with Crippen LogP contribution in [0.15, 0.2) is 44.9 Å². The van der Waals surface area contributed by atoms with Crippen molar-refractivity contribution in [2.24, 2.45) is 0 Å². The van der Waals surface area contributed by atoms with Gasteiger partial charge in [0.2, 0.25) is 5.89 Å². The van der Waals surface area contributed by atoms with Gasteiger partial charge >= 0.3 is 0 Å². The van der Waals surface area contributed by atoms with E-state index in [4.69, 9.17) is 14.1 Å². The number of aryl methyl sites for hydroxylation is 2. The highest BCUT2D eigenvalue weighted by Crippen LogP contribution is 2.36. The molecule has 0 radical (unpaired) electrons. The van der Waals surface area contributed by atoms with Crippen molar-refractivity contribution < 1.29 is 9.15 Å². The van der Waals surface area contributed by atoms with Crippen molar-refractivity contribution in [1.29, 1.82) is 0 Å². The van der Waals surface area contributed by atoms with Crippen LogP contribution in [0.2, 0.25) is 0 Å². The van der Waals surface area contributed by atoms with Crippen LogP contribution in [0, 0.1) is 0 Å². The summed E-state index contributed by atoms with van der Waals surface area (Å²) in [6.07, 6.45) is 5.77. The average Bonchev–Trinajstić information content (AvgIpc) is 3.50. The molecular formula is C23H23N3O3S2. The summed E-state index contributed by atoms with van der Waals surface area (Å²) in [4.78, 5) is 25.0. The molecule has 3 aromatic heterocycles. The first-order valence-corrected chi connectivity index (χ1v) is 12.2. The topological polar surface area (TPSA) is 70.2 Å². The first kappa shape index (κ1) is 20.3. The summed E-state index contributed by atoms with van der Waals surface area (Å²) in [6, 6.07) is 7.61. The van der Waals surface area contributed by atoms with E-state index in [1.165, 1.54) is 10.4 Å². The average molecular weight is 454 g/mol. The van der Waals surface area contributed by atoms with Gasteiger partial charge in [0.25, 0.3) is 5.56 Å². The fraction of sp³-hybridized carbons (Fsp3) is 0.348. The predicted octanol–water partition coefficient (Wildman–Crippen LogP) is 5.31. The minimum absolute atomic E-state index is 0.104. The van der Waals surface area contributed by atoms with Crippen LogP contribution in [-0.2, 0) is 25.1 Å². The number of ether oxygens (including phenoxy) is 1. The first-order valence-electron chi connectivity index (χ1n) is 10.4. The SMILES string of the molecule is CCCn1c(SCc2coc(-c3ccc(OC)cc3)n2)nc2sc3c(c2c1=O)CCC3. The Kier molecular flexibility index (Phi) is 5.58. The lowest BCUT2D eigenvalue weighted by Gasteiger charge is -2.10. The third kappa shape index (κ3) is 3.78. The molecule has 0 saturated carbocycles. The maximum absolute atomic E-state index is 13.3. The molecule has 5 rings (SSSR count). The Morgan fingerprint density at radius 3 is 2.84 bits per heavy atom. The summed E-state index contributed by atoms with van der Waals surface area (Å²) in [6.45, 7) is 2.76. The second kappa shape index (κ2) is 8.51. The molecule has 0 N–H and O–H groups in total. The van der Waals surface area contributed by atoms with Gasteiger partial charge in [-0.25, -0.2) is 9.97 Å². The Balaban J connectivity index is 1.41. The van der Waals surface area contributed by atoms with E-state index in [1.54, 1.807) is 36.5 Å². The van der Waals surface area contributed by atoms with Crippen molar-refractivity contribution in [2.75, 3.05) is 7.11 Å². The van der Waals surface area contributed by atoms with Crippen molar-refractivity contribution in [3.05, 3.63) is 57.0 Å². The molecule has 8 heteroatoms. The highest BCUT2D eigenvalue weighted by atomic mass is 32.2. The Labute approximate surface area is 188 Å². The number of hydrogen-bond acceptors (Lipinski definition) is 7.